The summed E-state index contributed by atoms with van der Waals surface area (Å²) in [5.41, 5.74) is 2.32. The molecule has 0 aliphatic rings. The molecule has 1 N–H and O–H groups in total. The molecule has 0 heterocycles. The third-order valence-corrected chi connectivity index (χ3v) is 5.81. The molecule has 4 aromatic rings. The van der Waals surface area contributed by atoms with E-state index in [1.165, 1.54) is 45.2 Å². The fourth-order valence-corrected chi connectivity index (χ4v) is 4.43. The number of hydrogen-bond acceptors (Lipinski definition) is 1. The Morgan fingerprint density at radius 2 is 1.23 bits per heavy atom. The molecule has 134 valence electrons. The van der Waals surface area contributed by atoms with Gasteiger partial charge in [-0.15, -0.1) is 0 Å². The van der Waals surface area contributed by atoms with E-state index in [4.69, 9.17) is 0 Å². The van der Waals surface area contributed by atoms with Crippen LogP contribution in [0.25, 0.3) is 32.3 Å². The fraction of sp³-hybridized carbons (Fsp3) is 0.360. The molecule has 4 rings (SSSR count). The highest BCUT2D eigenvalue weighted by molar-refractivity contribution is 6.24. The molecule has 0 aromatic heterocycles. The van der Waals surface area contributed by atoms with Crippen molar-refractivity contribution in [1.29, 1.82) is 0 Å². The van der Waals surface area contributed by atoms with Crippen molar-refractivity contribution in [3.63, 3.8) is 0 Å². The van der Waals surface area contributed by atoms with Crippen molar-refractivity contribution in [3.05, 3.63) is 53.6 Å². The maximum Gasteiger partial charge on any atom is 0.123 e. The zero-order valence-electron chi connectivity index (χ0n) is 15.9. The van der Waals surface area contributed by atoms with Crippen LogP contribution in [-0.2, 0) is 12.8 Å². The van der Waals surface area contributed by atoms with Crippen LogP contribution in [0.5, 0.6) is 5.75 Å². The first-order valence-corrected chi connectivity index (χ1v) is 10.2. The summed E-state index contributed by atoms with van der Waals surface area (Å²) in [5.74, 6) is 0.556. The summed E-state index contributed by atoms with van der Waals surface area (Å²) in [6, 6.07) is 15.4. The first kappa shape index (κ1) is 17.1. The maximum absolute atomic E-state index is 11.2. The van der Waals surface area contributed by atoms with Crippen molar-refractivity contribution in [1.82, 2.24) is 0 Å². The first-order valence-electron chi connectivity index (χ1n) is 10.2. The highest BCUT2D eigenvalue weighted by Gasteiger charge is 2.19. The molecule has 0 spiro atoms. The first-order chi connectivity index (χ1) is 12.8. The number of phenols is 1. The van der Waals surface area contributed by atoms with Crippen molar-refractivity contribution < 1.29 is 5.11 Å². The van der Waals surface area contributed by atoms with Crippen molar-refractivity contribution >= 4 is 32.3 Å². The summed E-state index contributed by atoms with van der Waals surface area (Å²) in [6.45, 7) is 4.45. The van der Waals surface area contributed by atoms with E-state index in [2.05, 4.69) is 56.3 Å². The summed E-state index contributed by atoms with van der Waals surface area (Å²) in [4.78, 5) is 0. The van der Waals surface area contributed by atoms with E-state index in [1.807, 2.05) is 0 Å². The second kappa shape index (κ2) is 7.15. The smallest absolute Gasteiger partial charge is 0.123 e. The Morgan fingerprint density at radius 1 is 0.654 bits per heavy atom. The predicted octanol–water partition coefficient (Wildman–Crippen LogP) is 7.36. The predicted molar refractivity (Wildman–Crippen MR) is 114 cm³/mol. The molecule has 0 fully saturated rings. The molecule has 0 saturated carbocycles. The van der Waals surface area contributed by atoms with Crippen LogP contribution in [0.2, 0.25) is 0 Å². The molecule has 0 unspecified atom stereocenters. The molecule has 1 heteroatoms. The Bertz CT molecular complexity index is 1030. The molecule has 0 radical (unpaired) electrons. The average molecular weight is 344 g/mol. The van der Waals surface area contributed by atoms with Gasteiger partial charge in [-0.25, -0.2) is 0 Å². The van der Waals surface area contributed by atoms with Gasteiger partial charge in [0.05, 0.1) is 0 Å². The Labute approximate surface area is 156 Å². The molecule has 4 aromatic carbocycles. The SMILES string of the molecule is CCCCCc1c(O)c(CCCC)c2ccc3cccc4ccc1c2c34. The molecule has 0 saturated heterocycles. The molecule has 26 heavy (non-hydrogen) atoms. The van der Waals surface area contributed by atoms with Crippen LogP contribution >= 0.6 is 0 Å². The lowest BCUT2D eigenvalue weighted by Crippen LogP contribution is -1.98. The quantitative estimate of drug-likeness (QED) is 0.274. The van der Waals surface area contributed by atoms with Crippen LogP contribution in [0.1, 0.15) is 57.1 Å². The number of phenolic OH excluding ortho intramolecular Hbond substituents is 1. The molecule has 0 aliphatic carbocycles. The van der Waals surface area contributed by atoms with Gasteiger partial charge in [0.2, 0.25) is 0 Å². The second-order valence-corrected chi connectivity index (χ2v) is 7.55. The number of aromatic hydroxyl groups is 1. The lowest BCUT2D eigenvalue weighted by atomic mass is 9.86. The van der Waals surface area contributed by atoms with E-state index in [1.54, 1.807) is 0 Å². The summed E-state index contributed by atoms with van der Waals surface area (Å²) < 4.78 is 0. The van der Waals surface area contributed by atoms with Crippen LogP contribution in [0.15, 0.2) is 42.5 Å². The Kier molecular flexibility index (Phi) is 4.72. The Morgan fingerprint density at radius 3 is 1.81 bits per heavy atom. The second-order valence-electron chi connectivity index (χ2n) is 7.55. The van der Waals surface area contributed by atoms with Crippen LogP contribution in [0, 0.1) is 0 Å². The van der Waals surface area contributed by atoms with Crippen molar-refractivity contribution in [2.45, 2.75) is 58.8 Å². The van der Waals surface area contributed by atoms with Gasteiger partial charge in [-0.2, -0.15) is 0 Å². The van der Waals surface area contributed by atoms with Gasteiger partial charge in [-0.05, 0) is 58.0 Å². The van der Waals surface area contributed by atoms with Crippen LogP contribution in [0.3, 0.4) is 0 Å². The third-order valence-electron chi connectivity index (χ3n) is 5.81. The highest BCUT2D eigenvalue weighted by atomic mass is 16.3. The van der Waals surface area contributed by atoms with E-state index in [-0.39, 0.29) is 0 Å². The molecule has 0 bridgehead atoms. The summed E-state index contributed by atoms with van der Waals surface area (Å²) >= 11 is 0. The monoisotopic (exact) mass is 344 g/mol. The molecule has 0 aliphatic heterocycles. The van der Waals surface area contributed by atoms with Gasteiger partial charge in [-0.1, -0.05) is 75.6 Å². The van der Waals surface area contributed by atoms with Gasteiger partial charge in [0, 0.05) is 11.1 Å². The number of benzene rings is 4. The number of aryl methyl sites for hydroxylation is 2. The van der Waals surface area contributed by atoms with Crippen molar-refractivity contribution in [2.24, 2.45) is 0 Å². The number of hydrogen-bond donors (Lipinski definition) is 1. The lowest BCUT2D eigenvalue weighted by Gasteiger charge is -2.19. The van der Waals surface area contributed by atoms with Crippen LogP contribution < -0.4 is 0 Å². The van der Waals surface area contributed by atoms with Gasteiger partial charge in [0.1, 0.15) is 5.75 Å². The van der Waals surface area contributed by atoms with Gasteiger partial charge >= 0.3 is 0 Å². The molecular weight excluding hydrogens is 316 g/mol. The van der Waals surface area contributed by atoms with E-state index >= 15 is 0 Å². The topological polar surface area (TPSA) is 20.2 Å². The highest BCUT2D eigenvalue weighted by Crippen LogP contribution is 2.43. The summed E-state index contributed by atoms with van der Waals surface area (Å²) in [7, 11) is 0. The fourth-order valence-electron chi connectivity index (χ4n) is 4.43. The molecular formula is C25H28O. The number of unbranched alkanes of at least 4 members (excludes halogenated alkanes) is 3. The van der Waals surface area contributed by atoms with Crippen molar-refractivity contribution in [3.8, 4) is 5.75 Å². The minimum absolute atomic E-state index is 0.556. The standard InChI is InChI=1S/C25H28O/c1-3-5-7-12-22-20-16-14-18-10-8-9-17-13-15-19(24(20)23(17)18)21(25(22)26)11-6-4-2/h8-10,13-16,26H,3-7,11-12H2,1-2H3. The lowest BCUT2D eigenvalue weighted by molar-refractivity contribution is 0.460. The van der Waals surface area contributed by atoms with Gasteiger partial charge in [0.15, 0.2) is 0 Å². The van der Waals surface area contributed by atoms with E-state index in [0.29, 0.717) is 5.75 Å². The largest absolute Gasteiger partial charge is 0.507 e. The van der Waals surface area contributed by atoms with Crippen LogP contribution in [-0.4, -0.2) is 5.11 Å². The van der Waals surface area contributed by atoms with Crippen molar-refractivity contribution in [2.75, 3.05) is 0 Å². The molecule has 1 nitrogen and oxygen atoms in total. The molecule has 0 atom stereocenters. The summed E-state index contributed by atoms with van der Waals surface area (Å²) in [6.07, 6.45) is 7.74. The van der Waals surface area contributed by atoms with Gasteiger partial charge in [-0.3, -0.25) is 0 Å². The Balaban J connectivity index is 2.06. The Hall–Kier alpha value is -2.28. The third kappa shape index (κ3) is 2.70. The van der Waals surface area contributed by atoms with Gasteiger partial charge < -0.3 is 5.11 Å². The summed E-state index contributed by atoms with van der Waals surface area (Å²) in [5, 5.41) is 19.0. The van der Waals surface area contributed by atoms with Gasteiger partial charge in [0.25, 0.3) is 0 Å². The minimum atomic E-state index is 0.556. The van der Waals surface area contributed by atoms with E-state index < -0.39 is 0 Å². The number of rotatable bonds is 7. The maximum atomic E-state index is 11.2. The zero-order chi connectivity index (χ0) is 18.1. The van der Waals surface area contributed by atoms with E-state index in [9.17, 15) is 5.11 Å². The minimum Gasteiger partial charge on any atom is -0.507 e. The zero-order valence-corrected chi connectivity index (χ0v) is 15.9. The average Bonchev–Trinajstić information content (AvgIpc) is 2.67. The van der Waals surface area contributed by atoms with E-state index in [0.717, 1.165) is 43.2 Å². The molecule has 0 amide bonds. The van der Waals surface area contributed by atoms with Crippen LogP contribution in [0.4, 0.5) is 0 Å². The normalized spacial score (nSPS) is 11.9.